The van der Waals surface area contributed by atoms with Crippen molar-refractivity contribution in [3.63, 3.8) is 0 Å². The van der Waals surface area contributed by atoms with Gasteiger partial charge in [0.15, 0.2) is 0 Å². The van der Waals surface area contributed by atoms with Crippen LogP contribution in [0.3, 0.4) is 0 Å². The van der Waals surface area contributed by atoms with Crippen molar-refractivity contribution in [2.45, 2.75) is 36.8 Å². The number of nitrogens with one attached hydrogen (secondary N) is 1. The summed E-state index contributed by atoms with van der Waals surface area (Å²) in [5.74, 6) is -2.34. The minimum atomic E-state index is -4.56. The number of rotatable bonds is 5. The van der Waals surface area contributed by atoms with Crippen LogP contribution in [0.1, 0.15) is 26.2 Å². The van der Waals surface area contributed by atoms with Gasteiger partial charge in [-0.05, 0) is 30.4 Å². The Bertz CT molecular complexity index is 560. The van der Waals surface area contributed by atoms with Crippen molar-refractivity contribution >= 4 is 15.5 Å². The SMILES string of the molecule is CC1CCCC1CNc1ccccc1S(=O)(=O)C(F)F. The Morgan fingerprint density at radius 2 is 2.00 bits per heavy atom. The second-order valence-electron chi connectivity index (χ2n) is 5.35. The van der Waals surface area contributed by atoms with Gasteiger partial charge in [-0.15, -0.1) is 0 Å². The summed E-state index contributed by atoms with van der Waals surface area (Å²) in [7, 11) is -4.56. The van der Waals surface area contributed by atoms with Gasteiger partial charge in [0.05, 0.1) is 10.6 Å². The quantitative estimate of drug-likeness (QED) is 0.905. The zero-order valence-electron chi connectivity index (χ0n) is 11.4. The molecule has 1 aromatic rings. The van der Waals surface area contributed by atoms with E-state index in [9.17, 15) is 17.2 Å². The molecule has 0 aromatic heterocycles. The Morgan fingerprint density at radius 1 is 1.30 bits per heavy atom. The van der Waals surface area contributed by atoms with Gasteiger partial charge in [-0.25, -0.2) is 8.42 Å². The average molecular weight is 303 g/mol. The molecule has 20 heavy (non-hydrogen) atoms. The molecule has 1 aromatic carbocycles. The normalized spacial score (nSPS) is 23.2. The van der Waals surface area contributed by atoms with Gasteiger partial charge >= 0.3 is 5.76 Å². The number of hydrogen-bond donors (Lipinski definition) is 1. The molecule has 2 atom stereocenters. The van der Waals surface area contributed by atoms with E-state index in [1.54, 1.807) is 6.07 Å². The molecule has 112 valence electrons. The van der Waals surface area contributed by atoms with Crippen molar-refractivity contribution in [1.82, 2.24) is 0 Å². The number of alkyl halides is 2. The maximum atomic E-state index is 12.7. The molecule has 0 bridgehead atoms. The number of para-hydroxylation sites is 1. The van der Waals surface area contributed by atoms with Gasteiger partial charge in [0, 0.05) is 6.54 Å². The maximum Gasteiger partial charge on any atom is 0.341 e. The van der Waals surface area contributed by atoms with E-state index in [1.165, 1.54) is 31.0 Å². The molecule has 0 saturated heterocycles. The van der Waals surface area contributed by atoms with Crippen LogP contribution < -0.4 is 5.32 Å². The zero-order chi connectivity index (χ0) is 14.8. The standard InChI is InChI=1S/C14H19F2NO2S/c1-10-5-4-6-11(10)9-17-12-7-2-3-8-13(12)20(18,19)14(15)16/h2-3,7-8,10-11,14,17H,4-6,9H2,1H3. The second-order valence-corrected chi connectivity index (χ2v) is 7.24. The highest BCUT2D eigenvalue weighted by Crippen LogP contribution is 2.32. The van der Waals surface area contributed by atoms with E-state index in [0.717, 1.165) is 6.42 Å². The van der Waals surface area contributed by atoms with Gasteiger partial charge in [-0.2, -0.15) is 8.78 Å². The molecule has 3 nitrogen and oxygen atoms in total. The van der Waals surface area contributed by atoms with Gasteiger partial charge < -0.3 is 5.32 Å². The molecule has 2 unspecified atom stereocenters. The smallest absolute Gasteiger partial charge is 0.341 e. The number of halogens is 2. The molecule has 0 amide bonds. The van der Waals surface area contributed by atoms with Crippen molar-refractivity contribution in [1.29, 1.82) is 0 Å². The first-order chi connectivity index (χ1) is 9.43. The van der Waals surface area contributed by atoms with Gasteiger partial charge in [-0.1, -0.05) is 31.9 Å². The Labute approximate surface area is 118 Å². The summed E-state index contributed by atoms with van der Waals surface area (Å²) >= 11 is 0. The van der Waals surface area contributed by atoms with Crippen LogP contribution >= 0.6 is 0 Å². The van der Waals surface area contributed by atoms with Gasteiger partial charge in [0.25, 0.3) is 0 Å². The molecule has 0 aliphatic heterocycles. The summed E-state index contributed by atoms with van der Waals surface area (Å²) in [6, 6.07) is 5.86. The third-order valence-corrected chi connectivity index (χ3v) is 5.46. The first-order valence-corrected chi connectivity index (χ1v) is 8.32. The molecule has 0 radical (unpaired) electrons. The summed E-state index contributed by atoms with van der Waals surface area (Å²) in [4.78, 5) is -0.319. The van der Waals surface area contributed by atoms with E-state index < -0.39 is 15.6 Å². The molecular weight excluding hydrogens is 284 g/mol. The highest BCUT2D eigenvalue weighted by atomic mass is 32.2. The lowest BCUT2D eigenvalue weighted by Gasteiger charge is -2.18. The largest absolute Gasteiger partial charge is 0.384 e. The van der Waals surface area contributed by atoms with Gasteiger partial charge in [0.1, 0.15) is 0 Å². The first kappa shape index (κ1) is 15.2. The molecule has 2 rings (SSSR count). The van der Waals surface area contributed by atoms with E-state index in [4.69, 9.17) is 0 Å². The van der Waals surface area contributed by atoms with Crippen molar-refractivity contribution in [2.75, 3.05) is 11.9 Å². The third kappa shape index (κ3) is 3.11. The molecule has 6 heteroatoms. The molecule has 1 saturated carbocycles. The van der Waals surface area contributed by atoms with Gasteiger partial charge in [-0.3, -0.25) is 0 Å². The number of anilines is 1. The summed E-state index contributed by atoms with van der Waals surface area (Å²) < 4.78 is 48.6. The lowest BCUT2D eigenvalue weighted by Crippen LogP contribution is -2.19. The Morgan fingerprint density at radius 3 is 2.60 bits per heavy atom. The van der Waals surface area contributed by atoms with Crippen LogP contribution in [-0.4, -0.2) is 20.7 Å². The summed E-state index contributed by atoms with van der Waals surface area (Å²) in [5.41, 5.74) is 0.270. The Hall–Kier alpha value is -1.17. The van der Waals surface area contributed by atoms with Crippen molar-refractivity contribution in [2.24, 2.45) is 11.8 Å². The Kier molecular flexibility index (Phi) is 4.62. The van der Waals surface area contributed by atoms with Crippen LogP contribution in [-0.2, 0) is 9.84 Å². The molecule has 1 N–H and O–H groups in total. The monoisotopic (exact) mass is 303 g/mol. The van der Waals surface area contributed by atoms with Crippen molar-refractivity contribution in [3.05, 3.63) is 24.3 Å². The molecule has 1 aliphatic carbocycles. The van der Waals surface area contributed by atoms with Crippen molar-refractivity contribution in [3.8, 4) is 0 Å². The minimum Gasteiger partial charge on any atom is -0.384 e. The topological polar surface area (TPSA) is 46.2 Å². The summed E-state index contributed by atoms with van der Waals surface area (Å²) in [5, 5.41) is 3.03. The Balaban J connectivity index is 2.16. The summed E-state index contributed by atoms with van der Waals surface area (Å²) in [6.45, 7) is 2.79. The lowest BCUT2D eigenvalue weighted by molar-refractivity contribution is 0.235. The first-order valence-electron chi connectivity index (χ1n) is 6.78. The molecule has 0 heterocycles. The predicted octanol–water partition coefficient (Wildman–Crippen LogP) is 3.53. The van der Waals surface area contributed by atoms with Crippen molar-refractivity contribution < 1.29 is 17.2 Å². The number of benzene rings is 1. The van der Waals surface area contributed by atoms with E-state index in [2.05, 4.69) is 12.2 Å². The van der Waals surface area contributed by atoms with Crippen LogP contribution in [0.5, 0.6) is 0 Å². The zero-order valence-corrected chi connectivity index (χ0v) is 12.2. The highest BCUT2D eigenvalue weighted by molar-refractivity contribution is 7.91. The fourth-order valence-electron chi connectivity index (χ4n) is 2.72. The highest BCUT2D eigenvalue weighted by Gasteiger charge is 2.29. The van der Waals surface area contributed by atoms with E-state index in [1.807, 2.05) is 0 Å². The third-order valence-electron chi connectivity index (χ3n) is 4.02. The summed E-state index contributed by atoms with van der Waals surface area (Å²) in [6.07, 6.45) is 3.44. The number of hydrogen-bond acceptors (Lipinski definition) is 3. The van der Waals surface area contributed by atoms with Crippen LogP contribution in [0.2, 0.25) is 0 Å². The van der Waals surface area contributed by atoms with Crippen LogP contribution in [0, 0.1) is 11.8 Å². The van der Waals surface area contributed by atoms with E-state index in [-0.39, 0.29) is 10.6 Å². The minimum absolute atomic E-state index is 0.270. The maximum absolute atomic E-state index is 12.7. The van der Waals surface area contributed by atoms with Crippen LogP contribution in [0.25, 0.3) is 0 Å². The van der Waals surface area contributed by atoms with Crippen LogP contribution in [0.15, 0.2) is 29.2 Å². The molecular formula is C14H19F2NO2S. The molecule has 0 spiro atoms. The number of sulfone groups is 1. The fraction of sp³-hybridized carbons (Fsp3) is 0.571. The molecule has 1 fully saturated rings. The van der Waals surface area contributed by atoms with Gasteiger partial charge in [0.2, 0.25) is 9.84 Å². The van der Waals surface area contributed by atoms with Crippen LogP contribution in [0.4, 0.5) is 14.5 Å². The average Bonchev–Trinajstić information content (AvgIpc) is 2.82. The van der Waals surface area contributed by atoms with E-state index in [0.29, 0.717) is 18.4 Å². The predicted molar refractivity (Wildman–Crippen MR) is 74.6 cm³/mol. The van der Waals surface area contributed by atoms with E-state index >= 15 is 0 Å². The second kappa shape index (κ2) is 6.08. The fourth-order valence-corrected chi connectivity index (χ4v) is 3.63. The molecule has 1 aliphatic rings. The lowest BCUT2D eigenvalue weighted by atomic mass is 9.98.